The molecule has 1 N–H and O–H groups in total. The van der Waals surface area contributed by atoms with E-state index >= 15 is 0 Å². The van der Waals surface area contributed by atoms with Gasteiger partial charge in [-0.3, -0.25) is 4.79 Å². The van der Waals surface area contributed by atoms with E-state index in [1.165, 1.54) is 225 Å². The van der Waals surface area contributed by atoms with Crippen molar-refractivity contribution in [2.45, 2.75) is 290 Å². The van der Waals surface area contributed by atoms with E-state index in [4.69, 9.17) is 9.47 Å². The Morgan fingerprint density at radius 2 is 0.667 bits per heavy atom. The smallest absolute Gasteiger partial charge is 0.306 e. The van der Waals surface area contributed by atoms with Crippen LogP contribution in [0.4, 0.5) is 0 Å². The molecule has 0 heterocycles. The maximum atomic E-state index is 12.3. The van der Waals surface area contributed by atoms with E-state index in [2.05, 4.69) is 74.6 Å². The summed E-state index contributed by atoms with van der Waals surface area (Å²) in [5.41, 5.74) is 0. The SMILES string of the molecule is CCCCCCC/C=C\C/C=C\C/C=C\CCCCCCCCCCCCC(=O)OC(CO)COCCCCCCCCCCCCCCCC/C=C\C/C=C\CCCCCCC. The van der Waals surface area contributed by atoms with E-state index in [0.29, 0.717) is 19.6 Å². The largest absolute Gasteiger partial charge is 0.457 e. The molecule has 0 rings (SSSR count). The number of ether oxygens (including phenoxy) is 2. The molecule has 0 fully saturated rings. The van der Waals surface area contributed by atoms with Crippen molar-refractivity contribution in [1.82, 2.24) is 0 Å². The number of aliphatic hydroxyl groups is 1. The highest BCUT2D eigenvalue weighted by molar-refractivity contribution is 5.69. The first kappa shape index (κ1) is 61.1. The van der Waals surface area contributed by atoms with Crippen molar-refractivity contribution in [3.8, 4) is 0 Å². The predicted octanol–water partition coefficient (Wildman–Crippen LogP) is 19.1. The molecule has 0 saturated heterocycles. The second kappa shape index (κ2) is 56.2. The Bertz CT molecular complexity index is 1020. The molecule has 4 heteroatoms. The third-order valence-corrected chi connectivity index (χ3v) is 12.3. The second-order valence-electron chi connectivity index (χ2n) is 18.7. The van der Waals surface area contributed by atoms with E-state index in [1.807, 2.05) is 0 Å². The van der Waals surface area contributed by atoms with Crippen LogP contribution in [-0.4, -0.2) is 37.0 Å². The molecule has 0 aliphatic heterocycles. The molecular formula is C59H108O4. The van der Waals surface area contributed by atoms with E-state index in [9.17, 15) is 9.90 Å². The zero-order valence-corrected chi connectivity index (χ0v) is 42.3. The molecule has 0 radical (unpaired) electrons. The summed E-state index contributed by atoms with van der Waals surface area (Å²) in [4.78, 5) is 12.3. The molecule has 0 aliphatic carbocycles. The van der Waals surface area contributed by atoms with E-state index in [1.54, 1.807) is 0 Å². The lowest BCUT2D eigenvalue weighted by Gasteiger charge is -2.16. The van der Waals surface area contributed by atoms with Crippen LogP contribution in [-0.2, 0) is 14.3 Å². The van der Waals surface area contributed by atoms with Gasteiger partial charge in [-0.05, 0) is 83.5 Å². The van der Waals surface area contributed by atoms with Crippen LogP contribution >= 0.6 is 0 Å². The van der Waals surface area contributed by atoms with Crippen LogP contribution < -0.4 is 0 Å². The van der Waals surface area contributed by atoms with Crippen LogP contribution in [0.2, 0.25) is 0 Å². The fourth-order valence-electron chi connectivity index (χ4n) is 8.13. The number of aliphatic hydroxyl groups excluding tert-OH is 1. The fraction of sp³-hybridized carbons (Fsp3) is 0.814. The third kappa shape index (κ3) is 54.3. The van der Waals surface area contributed by atoms with Gasteiger partial charge in [0, 0.05) is 13.0 Å². The topological polar surface area (TPSA) is 55.8 Å². The zero-order valence-electron chi connectivity index (χ0n) is 42.3. The first-order valence-electron chi connectivity index (χ1n) is 27.9. The molecule has 1 unspecified atom stereocenters. The maximum absolute atomic E-state index is 12.3. The fourth-order valence-corrected chi connectivity index (χ4v) is 8.13. The summed E-state index contributed by atoms with van der Waals surface area (Å²) in [6.07, 6.45) is 76.1. The molecule has 0 aromatic rings. The lowest BCUT2D eigenvalue weighted by Crippen LogP contribution is -2.27. The predicted molar refractivity (Wildman–Crippen MR) is 279 cm³/mol. The van der Waals surface area contributed by atoms with Crippen molar-refractivity contribution in [1.29, 1.82) is 0 Å². The Morgan fingerprint density at radius 1 is 0.381 bits per heavy atom. The quantitative estimate of drug-likeness (QED) is 0.0376. The van der Waals surface area contributed by atoms with Crippen molar-refractivity contribution >= 4 is 5.97 Å². The van der Waals surface area contributed by atoms with Gasteiger partial charge < -0.3 is 14.6 Å². The van der Waals surface area contributed by atoms with E-state index in [0.717, 1.165) is 38.5 Å². The van der Waals surface area contributed by atoms with Crippen molar-refractivity contribution in [3.63, 3.8) is 0 Å². The lowest BCUT2D eigenvalue weighted by molar-refractivity contribution is -0.154. The first-order valence-corrected chi connectivity index (χ1v) is 27.9. The van der Waals surface area contributed by atoms with E-state index < -0.39 is 6.10 Å². The lowest BCUT2D eigenvalue weighted by atomic mass is 10.0. The maximum Gasteiger partial charge on any atom is 0.306 e. The highest BCUT2D eigenvalue weighted by Crippen LogP contribution is 2.16. The molecule has 63 heavy (non-hydrogen) atoms. The summed E-state index contributed by atoms with van der Waals surface area (Å²) in [5.74, 6) is -0.202. The van der Waals surface area contributed by atoms with Crippen LogP contribution in [0, 0.1) is 0 Å². The summed E-state index contributed by atoms with van der Waals surface area (Å²) in [6, 6.07) is 0. The van der Waals surface area contributed by atoms with Gasteiger partial charge in [0.25, 0.3) is 0 Å². The first-order chi connectivity index (χ1) is 31.2. The molecule has 0 aliphatic rings. The molecule has 0 aromatic heterocycles. The van der Waals surface area contributed by atoms with Gasteiger partial charge in [0.05, 0.1) is 13.2 Å². The highest BCUT2D eigenvalue weighted by Gasteiger charge is 2.13. The molecule has 0 saturated carbocycles. The van der Waals surface area contributed by atoms with Crippen molar-refractivity contribution in [3.05, 3.63) is 60.8 Å². The monoisotopic (exact) mass is 881 g/mol. The average molecular weight is 882 g/mol. The summed E-state index contributed by atoms with van der Waals surface area (Å²) < 4.78 is 11.2. The van der Waals surface area contributed by atoms with Gasteiger partial charge in [0.1, 0.15) is 6.10 Å². The molecule has 0 spiro atoms. The molecule has 0 aromatic carbocycles. The Hall–Kier alpha value is -1.91. The number of unbranched alkanes of at least 4 members (excludes halogenated alkanes) is 34. The van der Waals surface area contributed by atoms with Gasteiger partial charge in [-0.1, -0.05) is 254 Å². The molecular weight excluding hydrogens is 773 g/mol. The summed E-state index contributed by atoms with van der Waals surface area (Å²) >= 11 is 0. The van der Waals surface area contributed by atoms with E-state index in [-0.39, 0.29) is 12.6 Å². The van der Waals surface area contributed by atoms with Gasteiger partial charge in [-0.25, -0.2) is 0 Å². The normalized spacial score (nSPS) is 12.7. The molecule has 0 amide bonds. The number of carbonyl (C=O) groups excluding carboxylic acids is 1. The minimum atomic E-state index is -0.540. The van der Waals surface area contributed by atoms with Crippen LogP contribution in [0.5, 0.6) is 0 Å². The third-order valence-electron chi connectivity index (χ3n) is 12.3. The zero-order chi connectivity index (χ0) is 45.5. The summed E-state index contributed by atoms with van der Waals surface area (Å²) in [5, 5.41) is 9.67. The van der Waals surface area contributed by atoms with Crippen LogP contribution in [0.1, 0.15) is 284 Å². The van der Waals surface area contributed by atoms with Gasteiger partial charge in [0.15, 0.2) is 0 Å². The van der Waals surface area contributed by atoms with Gasteiger partial charge in [-0.2, -0.15) is 0 Å². The summed E-state index contributed by atoms with van der Waals surface area (Å²) in [7, 11) is 0. The molecule has 368 valence electrons. The number of rotatable bonds is 52. The van der Waals surface area contributed by atoms with Crippen LogP contribution in [0.3, 0.4) is 0 Å². The van der Waals surface area contributed by atoms with Crippen LogP contribution in [0.15, 0.2) is 60.8 Å². The van der Waals surface area contributed by atoms with Crippen molar-refractivity contribution in [2.24, 2.45) is 0 Å². The Morgan fingerprint density at radius 3 is 1.00 bits per heavy atom. The molecule has 0 bridgehead atoms. The minimum absolute atomic E-state index is 0.173. The Labute approximate surface area is 394 Å². The van der Waals surface area contributed by atoms with Crippen molar-refractivity contribution < 1.29 is 19.4 Å². The van der Waals surface area contributed by atoms with Gasteiger partial charge in [0.2, 0.25) is 0 Å². The molecule has 4 nitrogen and oxygen atoms in total. The number of hydrogen-bond acceptors (Lipinski definition) is 4. The standard InChI is InChI=1S/C59H108O4/c1-3-5-7-9-11-13-15-17-19-21-23-25-27-29-31-33-35-37-39-41-43-45-47-49-51-53-55-62-57-58(56-60)63-59(61)54-52-50-48-46-44-42-40-38-36-34-32-30-28-26-24-22-20-18-16-14-12-10-8-6-4-2/h15-18,21-24,28,30,58,60H,3-14,19-20,25-27,29,31-57H2,1-2H3/b17-15-,18-16-,23-21-,24-22-,30-28-. The number of allylic oxidation sites excluding steroid dienone is 10. The Balaban J connectivity index is 3.41. The minimum Gasteiger partial charge on any atom is -0.457 e. The number of esters is 1. The molecule has 1 atom stereocenters. The van der Waals surface area contributed by atoms with Gasteiger partial charge in [-0.15, -0.1) is 0 Å². The average Bonchev–Trinajstić information content (AvgIpc) is 3.29. The highest BCUT2D eigenvalue weighted by atomic mass is 16.6. The van der Waals surface area contributed by atoms with Crippen molar-refractivity contribution in [2.75, 3.05) is 19.8 Å². The second-order valence-corrected chi connectivity index (χ2v) is 18.7. The number of hydrogen-bond donors (Lipinski definition) is 1. The Kier molecular flexibility index (Phi) is 54.5. The van der Waals surface area contributed by atoms with Crippen LogP contribution in [0.25, 0.3) is 0 Å². The summed E-state index contributed by atoms with van der Waals surface area (Å²) in [6.45, 7) is 5.35. The number of carbonyl (C=O) groups is 1. The van der Waals surface area contributed by atoms with Gasteiger partial charge >= 0.3 is 5.97 Å².